The Kier molecular flexibility index (Phi) is 58.1. The molecule has 0 rings (SSSR count). The van der Waals surface area contributed by atoms with E-state index in [2.05, 4.69) is 215 Å². The van der Waals surface area contributed by atoms with Gasteiger partial charge < -0.3 is 14.2 Å². The smallest absolute Gasteiger partial charge is 0.306 e. The molecule has 77 heavy (non-hydrogen) atoms. The Morgan fingerprint density at radius 3 is 0.779 bits per heavy atom. The van der Waals surface area contributed by atoms with Gasteiger partial charge in [-0.2, -0.15) is 0 Å². The predicted molar refractivity (Wildman–Crippen MR) is 334 cm³/mol. The van der Waals surface area contributed by atoms with Crippen molar-refractivity contribution in [2.75, 3.05) is 13.2 Å². The Morgan fingerprint density at radius 2 is 0.506 bits per heavy atom. The lowest BCUT2D eigenvalue weighted by atomic mass is 10.1. The summed E-state index contributed by atoms with van der Waals surface area (Å²) in [5.41, 5.74) is 0. The van der Waals surface area contributed by atoms with Crippen LogP contribution < -0.4 is 0 Å². The van der Waals surface area contributed by atoms with E-state index in [4.69, 9.17) is 14.2 Å². The number of carbonyl (C=O) groups excluding carboxylic acids is 3. The van der Waals surface area contributed by atoms with Crippen LogP contribution in [0.5, 0.6) is 0 Å². The zero-order chi connectivity index (χ0) is 55.7. The molecule has 0 aliphatic rings. The second-order valence-corrected chi connectivity index (χ2v) is 18.8. The average molecular weight is 1060 g/mol. The maximum atomic E-state index is 12.8. The van der Waals surface area contributed by atoms with Crippen molar-refractivity contribution in [3.05, 3.63) is 194 Å². The van der Waals surface area contributed by atoms with Gasteiger partial charge >= 0.3 is 17.9 Å². The van der Waals surface area contributed by atoms with Gasteiger partial charge in [0.2, 0.25) is 0 Å². The molecule has 0 fully saturated rings. The number of rotatable bonds is 51. The van der Waals surface area contributed by atoms with Crippen LogP contribution in [-0.2, 0) is 28.6 Å². The van der Waals surface area contributed by atoms with E-state index in [0.717, 1.165) is 161 Å². The molecule has 0 saturated carbocycles. The highest BCUT2D eigenvalue weighted by molar-refractivity contribution is 5.71. The minimum Gasteiger partial charge on any atom is -0.462 e. The third-order valence-corrected chi connectivity index (χ3v) is 11.6. The van der Waals surface area contributed by atoms with Gasteiger partial charge in [0.25, 0.3) is 0 Å². The van der Waals surface area contributed by atoms with Crippen LogP contribution in [0.4, 0.5) is 0 Å². The number of unbranched alkanes of at least 4 members (excludes halogenated alkanes) is 8. The molecule has 6 nitrogen and oxygen atoms in total. The van der Waals surface area contributed by atoms with Gasteiger partial charge in [0.15, 0.2) is 6.10 Å². The topological polar surface area (TPSA) is 78.9 Å². The molecule has 0 aromatic rings. The molecule has 426 valence electrons. The molecule has 0 radical (unpaired) electrons. The third kappa shape index (κ3) is 61.0. The summed E-state index contributed by atoms with van der Waals surface area (Å²) in [7, 11) is 0. The van der Waals surface area contributed by atoms with Crippen LogP contribution in [0.25, 0.3) is 0 Å². The average Bonchev–Trinajstić information content (AvgIpc) is 3.43. The van der Waals surface area contributed by atoms with Crippen LogP contribution in [0.3, 0.4) is 0 Å². The van der Waals surface area contributed by atoms with Crippen molar-refractivity contribution in [1.82, 2.24) is 0 Å². The first-order valence-electron chi connectivity index (χ1n) is 29.9. The second kappa shape index (κ2) is 62.8. The zero-order valence-electron chi connectivity index (χ0n) is 48.6. The van der Waals surface area contributed by atoms with Gasteiger partial charge in [-0.25, -0.2) is 0 Å². The Labute approximate surface area is 471 Å². The van der Waals surface area contributed by atoms with Gasteiger partial charge in [-0.05, 0) is 148 Å². The number of carbonyl (C=O) groups is 3. The highest BCUT2D eigenvalue weighted by atomic mass is 16.6. The molecule has 1 unspecified atom stereocenters. The Morgan fingerprint density at radius 1 is 0.273 bits per heavy atom. The number of esters is 3. The minimum absolute atomic E-state index is 0.121. The molecular weight excluding hydrogens is 949 g/mol. The normalized spacial score (nSPS) is 13.5. The third-order valence-electron chi connectivity index (χ3n) is 11.6. The summed E-state index contributed by atoms with van der Waals surface area (Å²) >= 11 is 0. The molecule has 0 N–H and O–H groups in total. The molecule has 0 aliphatic heterocycles. The van der Waals surface area contributed by atoms with Crippen molar-refractivity contribution < 1.29 is 28.6 Å². The van der Waals surface area contributed by atoms with E-state index in [1.54, 1.807) is 0 Å². The van der Waals surface area contributed by atoms with Gasteiger partial charge in [-0.1, -0.05) is 241 Å². The Bertz CT molecular complexity index is 1880. The summed E-state index contributed by atoms with van der Waals surface area (Å²) in [5, 5.41) is 0. The summed E-state index contributed by atoms with van der Waals surface area (Å²) in [6.45, 7) is 6.22. The first-order chi connectivity index (χ1) is 38.0. The van der Waals surface area contributed by atoms with Crippen molar-refractivity contribution >= 4 is 17.9 Å². The Hall–Kier alpha value is -5.75. The zero-order valence-corrected chi connectivity index (χ0v) is 48.6. The van der Waals surface area contributed by atoms with Crippen LogP contribution in [0.2, 0.25) is 0 Å². The summed E-state index contributed by atoms with van der Waals surface area (Å²) in [4.78, 5) is 37.8. The largest absolute Gasteiger partial charge is 0.462 e. The molecular formula is C71H106O6. The van der Waals surface area contributed by atoms with Crippen LogP contribution in [0.1, 0.15) is 213 Å². The maximum absolute atomic E-state index is 12.8. The van der Waals surface area contributed by atoms with Crippen molar-refractivity contribution in [3.8, 4) is 0 Å². The van der Waals surface area contributed by atoms with Gasteiger partial charge in [0.1, 0.15) is 13.2 Å². The van der Waals surface area contributed by atoms with Gasteiger partial charge in [0, 0.05) is 19.3 Å². The van der Waals surface area contributed by atoms with Gasteiger partial charge in [0.05, 0.1) is 0 Å². The lowest BCUT2D eigenvalue weighted by Gasteiger charge is -2.18. The Balaban J connectivity index is 4.33. The molecule has 0 heterocycles. The molecule has 0 saturated heterocycles. The maximum Gasteiger partial charge on any atom is 0.306 e. The highest BCUT2D eigenvalue weighted by Crippen LogP contribution is 2.11. The van der Waals surface area contributed by atoms with Crippen LogP contribution in [-0.4, -0.2) is 37.2 Å². The monoisotopic (exact) mass is 1050 g/mol. The summed E-state index contributed by atoms with van der Waals surface area (Å²) in [6.07, 6.45) is 96.2. The number of ether oxygens (including phenoxy) is 3. The summed E-state index contributed by atoms with van der Waals surface area (Å²) in [6, 6.07) is 0. The standard InChI is InChI=1S/C71H106O6/c1-4-7-10-13-15-17-19-21-23-25-27-29-31-33-35-37-39-41-43-45-47-49-51-53-55-58-61-64-70(73)76-67-68(66-75-69(72)63-60-57-12-9-6-3)77-71(74)65-62-59-56-54-52-50-48-46-44-42-40-38-36-34-32-30-28-26-24-22-20-18-16-14-11-8-5-2/h7-8,10-11,15-18,21-24,27-30,33-36,39-42,45-48,51-54,68H,4-6,9,12-14,19-20,25-26,31-32,37-38,43-44,49-50,55-67H2,1-3H3/b10-7-,11-8-,17-15-,18-16-,23-21-,24-22-,29-27-,30-28-,35-33-,36-34-,41-39-,42-40-,47-45-,48-46-,53-51-,54-52-. The number of allylic oxidation sites excluding steroid dienone is 32. The van der Waals surface area contributed by atoms with E-state index in [-0.39, 0.29) is 44.0 Å². The van der Waals surface area contributed by atoms with E-state index < -0.39 is 6.10 Å². The van der Waals surface area contributed by atoms with E-state index in [0.29, 0.717) is 19.3 Å². The summed E-state index contributed by atoms with van der Waals surface area (Å²) in [5.74, 6) is -1.04. The van der Waals surface area contributed by atoms with Crippen molar-refractivity contribution in [2.24, 2.45) is 0 Å². The van der Waals surface area contributed by atoms with Crippen molar-refractivity contribution in [1.29, 1.82) is 0 Å². The van der Waals surface area contributed by atoms with E-state index >= 15 is 0 Å². The highest BCUT2D eigenvalue weighted by Gasteiger charge is 2.19. The first kappa shape index (κ1) is 71.2. The fraction of sp³-hybridized carbons (Fsp3) is 0.507. The fourth-order valence-corrected chi connectivity index (χ4v) is 7.18. The van der Waals surface area contributed by atoms with E-state index in [1.165, 1.54) is 0 Å². The molecule has 0 spiro atoms. The lowest BCUT2D eigenvalue weighted by molar-refractivity contribution is -0.167. The van der Waals surface area contributed by atoms with Crippen LogP contribution in [0.15, 0.2) is 194 Å². The number of hydrogen-bond acceptors (Lipinski definition) is 6. The van der Waals surface area contributed by atoms with Crippen LogP contribution >= 0.6 is 0 Å². The first-order valence-corrected chi connectivity index (χ1v) is 29.9. The SMILES string of the molecule is CC/C=C\C/C=C\C/C=C\C/C=C\C/C=C\C/C=C\C/C=C\C/C=C\CCCCC(=O)OCC(COC(=O)CCCCCCC)OC(=O)CCCC/C=C\C/C=C\C/C=C\C/C=C\C/C=C\C/C=C\C/C=C\C/C=C\CC. The molecule has 0 amide bonds. The predicted octanol–water partition coefficient (Wildman–Crippen LogP) is 20.6. The molecule has 6 heteroatoms. The van der Waals surface area contributed by atoms with Gasteiger partial charge in [-0.15, -0.1) is 0 Å². The molecule has 0 aliphatic carbocycles. The van der Waals surface area contributed by atoms with Crippen molar-refractivity contribution in [3.63, 3.8) is 0 Å². The van der Waals surface area contributed by atoms with Crippen molar-refractivity contribution in [2.45, 2.75) is 219 Å². The number of hydrogen-bond donors (Lipinski definition) is 0. The second-order valence-electron chi connectivity index (χ2n) is 18.8. The van der Waals surface area contributed by atoms with Gasteiger partial charge in [-0.3, -0.25) is 14.4 Å². The minimum atomic E-state index is -0.828. The molecule has 1 atom stereocenters. The van der Waals surface area contributed by atoms with Crippen LogP contribution in [0, 0.1) is 0 Å². The lowest BCUT2D eigenvalue weighted by Crippen LogP contribution is -2.30. The van der Waals surface area contributed by atoms with E-state index in [9.17, 15) is 14.4 Å². The summed E-state index contributed by atoms with van der Waals surface area (Å²) < 4.78 is 16.6. The molecule has 0 aromatic carbocycles. The quantitative estimate of drug-likeness (QED) is 0.0261. The molecule has 0 aromatic heterocycles. The van der Waals surface area contributed by atoms with E-state index in [1.807, 2.05) is 0 Å². The molecule has 0 bridgehead atoms. The fourth-order valence-electron chi connectivity index (χ4n) is 7.18.